The number of nitro groups is 1. The fourth-order valence-electron chi connectivity index (χ4n) is 2.78. The van der Waals surface area contributed by atoms with Crippen LogP contribution in [0, 0.1) is 10.1 Å². The fourth-order valence-corrected chi connectivity index (χ4v) is 2.97. The molecule has 0 aliphatic carbocycles. The molecular weight excluding hydrogens is 382 g/mol. The Balaban J connectivity index is 1.84. The monoisotopic (exact) mass is 399 g/mol. The minimum absolute atomic E-state index is 0.00664. The molecule has 0 bridgehead atoms. The van der Waals surface area contributed by atoms with Crippen molar-refractivity contribution in [2.45, 2.75) is 19.0 Å². The summed E-state index contributed by atoms with van der Waals surface area (Å²) >= 11 is 5.83. The van der Waals surface area contributed by atoms with Gasteiger partial charge >= 0.3 is 0 Å². The highest BCUT2D eigenvalue weighted by Crippen LogP contribution is 2.28. The predicted octanol–water partition coefficient (Wildman–Crippen LogP) is 4.87. The van der Waals surface area contributed by atoms with Crippen LogP contribution in [-0.2, 0) is 4.79 Å². The Kier molecular flexibility index (Phi) is 6.08. The standard InChI is InChI=1S/C20H18ClN3O4/c1-13(18-8-5-11-28-18)22-19(14-6-3-2-4-7-14)20(25)23-15-9-10-16(21)17(12-15)24(26)27/h2-13,19,22H,1H3,(H,23,25)/t13-,19+/m0/s1. The third kappa shape index (κ3) is 4.57. The highest BCUT2D eigenvalue weighted by Gasteiger charge is 2.24. The zero-order valence-corrected chi connectivity index (χ0v) is 15.7. The molecule has 0 aliphatic rings. The molecule has 3 aromatic rings. The van der Waals surface area contributed by atoms with Gasteiger partial charge in [0.25, 0.3) is 5.69 Å². The van der Waals surface area contributed by atoms with E-state index in [0.717, 1.165) is 5.56 Å². The van der Waals surface area contributed by atoms with Crippen LogP contribution >= 0.6 is 11.6 Å². The van der Waals surface area contributed by atoms with Crippen molar-refractivity contribution in [3.8, 4) is 0 Å². The van der Waals surface area contributed by atoms with Gasteiger partial charge in [-0.2, -0.15) is 0 Å². The Hall–Kier alpha value is -3.16. The van der Waals surface area contributed by atoms with Crippen LogP contribution in [0.15, 0.2) is 71.3 Å². The van der Waals surface area contributed by atoms with E-state index in [1.807, 2.05) is 43.3 Å². The lowest BCUT2D eigenvalue weighted by atomic mass is 10.0. The molecule has 2 N–H and O–H groups in total. The van der Waals surface area contributed by atoms with Gasteiger partial charge in [0.15, 0.2) is 0 Å². The third-order valence-electron chi connectivity index (χ3n) is 4.19. The summed E-state index contributed by atoms with van der Waals surface area (Å²) in [6.07, 6.45) is 1.57. The van der Waals surface area contributed by atoms with Gasteiger partial charge in [0.05, 0.1) is 17.2 Å². The second kappa shape index (κ2) is 8.69. The third-order valence-corrected chi connectivity index (χ3v) is 4.51. The van der Waals surface area contributed by atoms with Crippen molar-refractivity contribution < 1.29 is 14.1 Å². The first-order valence-corrected chi connectivity index (χ1v) is 8.92. The summed E-state index contributed by atoms with van der Waals surface area (Å²) in [4.78, 5) is 23.5. The number of nitrogens with one attached hydrogen (secondary N) is 2. The maximum atomic E-state index is 13.0. The van der Waals surface area contributed by atoms with E-state index in [4.69, 9.17) is 16.0 Å². The first-order valence-electron chi connectivity index (χ1n) is 8.55. The van der Waals surface area contributed by atoms with Gasteiger partial charge in [-0.25, -0.2) is 0 Å². The molecule has 0 fully saturated rings. The SMILES string of the molecule is C[C@H](N[C@@H](C(=O)Nc1ccc(Cl)c([N+](=O)[O-])c1)c1ccccc1)c1ccco1. The molecule has 2 atom stereocenters. The number of carbonyl (C=O) groups is 1. The summed E-state index contributed by atoms with van der Waals surface area (Å²) in [6.45, 7) is 1.88. The van der Waals surface area contributed by atoms with E-state index in [-0.39, 0.29) is 28.3 Å². The van der Waals surface area contributed by atoms with Crippen LogP contribution in [0.3, 0.4) is 0 Å². The van der Waals surface area contributed by atoms with E-state index < -0.39 is 11.0 Å². The first-order chi connectivity index (χ1) is 13.5. The molecule has 1 amide bonds. The smallest absolute Gasteiger partial charge is 0.289 e. The maximum absolute atomic E-state index is 13.0. The van der Waals surface area contributed by atoms with Crippen molar-refractivity contribution >= 4 is 28.9 Å². The number of carbonyl (C=O) groups excluding carboxylic acids is 1. The quantitative estimate of drug-likeness (QED) is 0.436. The molecule has 0 aliphatic heterocycles. The zero-order chi connectivity index (χ0) is 20.1. The number of amides is 1. The molecule has 0 unspecified atom stereocenters. The lowest BCUT2D eigenvalue weighted by Crippen LogP contribution is -2.34. The van der Waals surface area contributed by atoms with Crippen LogP contribution < -0.4 is 10.6 Å². The van der Waals surface area contributed by atoms with Gasteiger partial charge in [0.2, 0.25) is 5.91 Å². The molecule has 3 rings (SSSR count). The van der Waals surface area contributed by atoms with E-state index in [1.54, 1.807) is 12.3 Å². The Bertz CT molecular complexity index is 961. The van der Waals surface area contributed by atoms with Crippen molar-refractivity contribution in [2.75, 3.05) is 5.32 Å². The minimum Gasteiger partial charge on any atom is -0.468 e. The zero-order valence-electron chi connectivity index (χ0n) is 15.0. The molecule has 0 saturated carbocycles. The Labute approximate surface area is 166 Å². The van der Waals surface area contributed by atoms with Crippen molar-refractivity contribution in [2.24, 2.45) is 0 Å². The summed E-state index contributed by atoms with van der Waals surface area (Å²) in [6, 6.07) is 16.0. The highest BCUT2D eigenvalue weighted by molar-refractivity contribution is 6.32. The second-order valence-corrected chi connectivity index (χ2v) is 6.57. The minimum atomic E-state index is -0.698. The number of hydrogen-bond donors (Lipinski definition) is 2. The number of furan rings is 1. The summed E-state index contributed by atoms with van der Waals surface area (Å²) in [5.74, 6) is 0.331. The van der Waals surface area contributed by atoms with Gasteiger partial charge < -0.3 is 9.73 Å². The largest absolute Gasteiger partial charge is 0.468 e. The average Bonchev–Trinajstić information content (AvgIpc) is 3.22. The van der Waals surface area contributed by atoms with Crippen LogP contribution in [0.5, 0.6) is 0 Å². The highest BCUT2D eigenvalue weighted by atomic mass is 35.5. The van der Waals surface area contributed by atoms with Crippen LogP contribution in [-0.4, -0.2) is 10.8 Å². The van der Waals surface area contributed by atoms with Crippen molar-refractivity contribution in [3.63, 3.8) is 0 Å². The number of nitro benzene ring substituents is 1. The van der Waals surface area contributed by atoms with Crippen LogP contribution in [0.25, 0.3) is 0 Å². The van der Waals surface area contributed by atoms with Crippen molar-refractivity contribution in [3.05, 3.63) is 93.4 Å². The number of halogens is 1. The van der Waals surface area contributed by atoms with Crippen molar-refractivity contribution in [1.29, 1.82) is 0 Å². The summed E-state index contributed by atoms with van der Waals surface area (Å²) in [5, 5.41) is 17.0. The lowest BCUT2D eigenvalue weighted by molar-refractivity contribution is -0.384. The topological polar surface area (TPSA) is 97.4 Å². The van der Waals surface area contributed by atoms with Crippen molar-refractivity contribution in [1.82, 2.24) is 5.32 Å². The Morgan fingerprint density at radius 2 is 1.89 bits per heavy atom. The number of benzene rings is 2. The van der Waals surface area contributed by atoms with Gasteiger partial charge in [0, 0.05) is 11.8 Å². The molecule has 0 spiro atoms. The van der Waals surface area contributed by atoms with Gasteiger partial charge in [-0.3, -0.25) is 20.2 Å². The Morgan fingerprint density at radius 3 is 2.54 bits per heavy atom. The Morgan fingerprint density at radius 1 is 1.14 bits per heavy atom. The summed E-state index contributed by atoms with van der Waals surface area (Å²) in [7, 11) is 0. The van der Waals surface area contributed by atoms with Gasteiger partial charge in [-0.05, 0) is 36.8 Å². The van der Waals surface area contributed by atoms with E-state index in [9.17, 15) is 14.9 Å². The van der Waals surface area contributed by atoms with Crippen LogP contribution in [0.1, 0.15) is 30.3 Å². The average molecular weight is 400 g/mol. The summed E-state index contributed by atoms with van der Waals surface area (Å²) < 4.78 is 5.40. The first kappa shape index (κ1) is 19.6. The molecular formula is C20H18ClN3O4. The summed E-state index contributed by atoms with van der Waals surface area (Å²) in [5.41, 5.74) is 0.768. The maximum Gasteiger partial charge on any atom is 0.289 e. The number of nitrogens with zero attached hydrogens (tertiary/aromatic N) is 1. The van der Waals surface area contributed by atoms with Gasteiger partial charge in [-0.15, -0.1) is 0 Å². The van der Waals surface area contributed by atoms with Gasteiger partial charge in [0.1, 0.15) is 16.8 Å². The lowest BCUT2D eigenvalue weighted by Gasteiger charge is -2.22. The second-order valence-electron chi connectivity index (χ2n) is 6.16. The fraction of sp³-hybridized carbons (Fsp3) is 0.150. The van der Waals surface area contributed by atoms with E-state index in [2.05, 4.69) is 10.6 Å². The molecule has 28 heavy (non-hydrogen) atoms. The predicted molar refractivity (Wildman–Crippen MR) is 106 cm³/mol. The van der Waals surface area contributed by atoms with E-state index in [1.165, 1.54) is 18.2 Å². The van der Waals surface area contributed by atoms with Gasteiger partial charge in [-0.1, -0.05) is 41.9 Å². The molecule has 0 radical (unpaired) electrons. The molecule has 0 saturated heterocycles. The molecule has 144 valence electrons. The van der Waals surface area contributed by atoms with Crippen LogP contribution in [0.4, 0.5) is 11.4 Å². The molecule has 1 heterocycles. The normalized spacial score (nSPS) is 12.9. The molecule has 8 heteroatoms. The molecule has 1 aromatic heterocycles. The number of hydrogen-bond acceptors (Lipinski definition) is 5. The molecule has 7 nitrogen and oxygen atoms in total. The van der Waals surface area contributed by atoms with Crippen LogP contribution in [0.2, 0.25) is 5.02 Å². The number of anilines is 1. The van der Waals surface area contributed by atoms with E-state index >= 15 is 0 Å². The number of rotatable bonds is 7. The van der Waals surface area contributed by atoms with E-state index in [0.29, 0.717) is 5.76 Å². The molecule has 2 aromatic carbocycles.